The van der Waals surface area contributed by atoms with Crippen molar-refractivity contribution in [2.45, 2.75) is 51.0 Å². The van der Waals surface area contributed by atoms with Gasteiger partial charge in [0.15, 0.2) is 0 Å². The molecule has 6 rings (SSSR count). The first-order chi connectivity index (χ1) is 11.1. The Labute approximate surface area is 134 Å². The van der Waals surface area contributed by atoms with E-state index in [9.17, 15) is 4.79 Å². The zero-order valence-corrected chi connectivity index (χ0v) is 13.3. The number of nitrogens with zero attached hydrogens (tertiary/aromatic N) is 4. The van der Waals surface area contributed by atoms with E-state index in [2.05, 4.69) is 20.4 Å². The van der Waals surface area contributed by atoms with E-state index in [1.165, 1.54) is 19.3 Å². The average molecular weight is 311 g/mol. The van der Waals surface area contributed by atoms with Crippen LogP contribution in [0.2, 0.25) is 0 Å². The van der Waals surface area contributed by atoms with Crippen LogP contribution in [0.3, 0.4) is 0 Å². The standard InChI is InChI=1S/C17H21N5O/c1-10-2-3-18-16-19-14(21-22(10)16)15(23)20-17-7-11-4-12(8-17)6-13(5-11)9-17/h2-3,11-13H,4-9H2,1H3,(H,20,23). The highest BCUT2D eigenvalue weighted by Gasteiger charge is 2.51. The molecule has 23 heavy (non-hydrogen) atoms. The topological polar surface area (TPSA) is 72.2 Å². The normalized spacial score (nSPS) is 34.9. The van der Waals surface area contributed by atoms with Gasteiger partial charge in [0.05, 0.1) is 0 Å². The quantitative estimate of drug-likeness (QED) is 0.922. The molecule has 0 aromatic carbocycles. The number of rotatable bonds is 2. The highest BCUT2D eigenvalue weighted by molar-refractivity contribution is 5.91. The second kappa shape index (κ2) is 4.52. The molecular formula is C17H21N5O. The maximum Gasteiger partial charge on any atom is 0.291 e. The number of aryl methyl sites for hydroxylation is 1. The van der Waals surface area contributed by atoms with E-state index in [0.29, 0.717) is 5.78 Å². The first-order valence-electron chi connectivity index (χ1n) is 8.61. The molecule has 6 nitrogen and oxygen atoms in total. The maximum absolute atomic E-state index is 12.7. The van der Waals surface area contributed by atoms with Crippen molar-refractivity contribution >= 4 is 11.7 Å². The Morgan fingerprint density at radius 2 is 1.87 bits per heavy atom. The molecule has 120 valence electrons. The Bertz CT molecular complexity index is 760. The molecule has 4 bridgehead atoms. The van der Waals surface area contributed by atoms with Crippen molar-refractivity contribution < 1.29 is 4.79 Å². The van der Waals surface area contributed by atoms with Gasteiger partial charge in [0, 0.05) is 17.4 Å². The zero-order chi connectivity index (χ0) is 15.6. The Kier molecular flexibility index (Phi) is 2.65. The van der Waals surface area contributed by atoms with Gasteiger partial charge < -0.3 is 5.32 Å². The van der Waals surface area contributed by atoms with E-state index in [-0.39, 0.29) is 17.3 Å². The third-order valence-corrected chi connectivity index (χ3v) is 6.05. The molecule has 1 N–H and O–H groups in total. The van der Waals surface area contributed by atoms with Crippen molar-refractivity contribution in [3.8, 4) is 0 Å². The summed E-state index contributed by atoms with van der Waals surface area (Å²) in [5.74, 6) is 3.00. The van der Waals surface area contributed by atoms with Crippen LogP contribution in [0.15, 0.2) is 12.3 Å². The maximum atomic E-state index is 12.7. The summed E-state index contributed by atoms with van der Waals surface area (Å²) in [6.45, 7) is 1.93. The molecule has 4 saturated carbocycles. The number of carbonyl (C=O) groups is 1. The second-order valence-corrected chi connectivity index (χ2v) is 7.89. The van der Waals surface area contributed by atoms with Gasteiger partial charge in [-0.1, -0.05) is 0 Å². The summed E-state index contributed by atoms with van der Waals surface area (Å²) in [6.07, 6.45) is 9.20. The van der Waals surface area contributed by atoms with Crippen LogP contribution in [0.5, 0.6) is 0 Å². The molecule has 4 fully saturated rings. The third kappa shape index (κ3) is 2.07. The van der Waals surface area contributed by atoms with Crippen LogP contribution >= 0.6 is 0 Å². The van der Waals surface area contributed by atoms with Crippen molar-refractivity contribution in [2.24, 2.45) is 17.8 Å². The molecule has 0 spiro atoms. The lowest BCUT2D eigenvalue weighted by molar-refractivity contribution is -0.0168. The summed E-state index contributed by atoms with van der Waals surface area (Å²) in [5.41, 5.74) is 0.919. The Morgan fingerprint density at radius 3 is 2.48 bits per heavy atom. The molecule has 0 aliphatic heterocycles. The predicted octanol–water partition coefficient (Wildman–Crippen LogP) is 2.13. The molecule has 0 unspecified atom stereocenters. The van der Waals surface area contributed by atoms with Crippen LogP contribution in [-0.4, -0.2) is 31.0 Å². The fourth-order valence-electron chi connectivity index (χ4n) is 5.56. The molecule has 4 aliphatic rings. The molecule has 2 aromatic rings. The summed E-state index contributed by atoms with van der Waals surface area (Å²) in [5, 5.41) is 7.66. The van der Waals surface area contributed by atoms with Crippen LogP contribution in [0.25, 0.3) is 5.78 Å². The monoisotopic (exact) mass is 311 g/mol. The molecule has 4 aliphatic carbocycles. The van der Waals surface area contributed by atoms with E-state index in [4.69, 9.17) is 0 Å². The fraction of sp³-hybridized carbons (Fsp3) is 0.647. The van der Waals surface area contributed by atoms with Gasteiger partial charge in [-0.05, 0) is 69.3 Å². The SMILES string of the molecule is Cc1ccnc2nc(C(=O)NC34CC5CC(CC(C5)C3)C4)nn12. The van der Waals surface area contributed by atoms with Crippen LogP contribution in [0, 0.1) is 24.7 Å². The lowest BCUT2D eigenvalue weighted by Gasteiger charge is -2.56. The summed E-state index contributed by atoms with van der Waals surface area (Å²) in [4.78, 5) is 21.2. The van der Waals surface area contributed by atoms with Crippen LogP contribution in [0.4, 0.5) is 0 Å². The smallest absolute Gasteiger partial charge is 0.291 e. The van der Waals surface area contributed by atoms with Crippen molar-refractivity contribution in [3.63, 3.8) is 0 Å². The number of hydrogen-bond donors (Lipinski definition) is 1. The zero-order valence-electron chi connectivity index (χ0n) is 13.3. The second-order valence-electron chi connectivity index (χ2n) is 7.89. The highest BCUT2D eigenvalue weighted by Crippen LogP contribution is 2.55. The molecule has 1 amide bonds. The molecule has 2 heterocycles. The van der Waals surface area contributed by atoms with Crippen LogP contribution in [-0.2, 0) is 0 Å². The van der Waals surface area contributed by atoms with Crippen LogP contribution < -0.4 is 5.32 Å². The van der Waals surface area contributed by atoms with Crippen LogP contribution in [0.1, 0.15) is 54.8 Å². The first kappa shape index (κ1) is 13.5. The molecular weight excluding hydrogens is 290 g/mol. The van der Waals surface area contributed by atoms with Crippen molar-refractivity contribution in [1.82, 2.24) is 24.9 Å². The van der Waals surface area contributed by atoms with E-state index in [0.717, 1.165) is 42.7 Å². The minimum absolute atomic E-state index is 0.00815. The van der Waals surface area contributed by atoms with E-state index < -0.39 is 0 Å². The number of fused-ring (bicyclic) bond motifs is 1. The fourth-order valence-corrected chi connectivity index (χ4v) is 5.56. The van der Waals surface area contributed by atoms with Crippen molar-refractivity contribution in [3.05, 3.63) is 23.8 Å². The summed E-state index contributed by atoms with van der Waals surface area (Å²) in [6, 6.07) is 1.86. The Hall–Kier alpha value is -1.98. The van der Waals surface area contributed by atoms with Gasteiger partial charge in [-0.15, -0.1) is 5.10 Å². The number of amides is 1. The number of nitrogens with one attached hydrogen (secondary N) is 1. The number of hydrogen-bond acceptors (Lipinski definition) is 4. The predicted molar refractivity (Wildman–Crippen MR) is 83.9 cm³/mol. The number of carbonyl (C=O) groups excluding carboxylic acids is 1. The van der Waals surface area contributed by atoms with Gasteiger partial charge in [-0.25, -0.2) is 9.50 Å². The van der Waals surface area contributed by atoms with E-state index in [1.54, 1.807) is 10.7 Å². The molecule has 0 radical (unpaired) electrons. The first-order valence-corrected chi connectivity index (χ1v) is 8.61. The summed E-state index contributed by atoms with van der Waals surface area (Å²) < 4.78 is 1.63. The average Bonchev–Trinajstić information content (AvgIpc) is 2.91. The lowest BCUT2D eigenvalue weighted by Crippen LogP contribution is -2.60. The largest absolute Gasteiger partial charge is 0.344 e. The molecule has 6 heteroatoms. The summed E-state index contributed by atoms with van der Waals surface area (Å²) in [7, 11) is 0. The molecule has 0 saturated heterocycles. The molecule has 0 atom stereocenters. The Balaban J connectivity index is 1.43. The minimum atomic E-state index is -0.142. The number of aromatic nitrogens is 4. The van der Waals surface area contributed by atoms with Gasteiger partial charge in [0.2, 0.25) is 5.82 Å². The minimum Gasteiger partial charge on any atom is -0.344 e. The van der Waals surface area contributed by atoms with Crippen molar-refractivity contribution in [1.29, 1.82) is 0 Å². The van der Waals surface area contributed by atoms with Gasteiger partial charge in [-0.2, -0.15) is 4.98 Å². The van der Waals surface area contributed by atoms with Crippen molar-refractivity contribution in [2.75, 3.05) is 0 Å². The van der Waals surface area contributed by atoms with Gasteiger partial charge in [0.25, 0.3) is 11.7 Å². The van der Waals surface area contributed by atoms with E-state index in [1.807, 2.05) is 13.0 Å². The van der Waals surface area contributed by atoms with Gasteiger partial charge in [0.1, 0.15) is 0 Å². The molecule has 2 aromatic heterocycles. The third-order valence-electron chi connectivity index (χ3n) is 6.05. The van der Waals surface area contributed by atoms with Gasteiger partial charge >= 0.3 is 0 Å². The lowest BCUT2D eigenvalue weighted by atomic mass is 9.53. The van der Waals surface area contributed by atoms with E-state index >= 15 is 0 Å². The highest BCUT2D eigenvalue weighted by atomic mass is 16.2. The summed E-state index contributed by atoms with van der Waals surface area (Å²) >= 11 is 0. The van der Waals surface area contributed by atoms with Gasteiger partial charge in [-0.3, -0.25) is 4.79 Å². The Morgan fingerprint density at radius 1 is 1.22 bits per heavy atom.